The van der Waals surface area contributed by atoms with E-state index >= 15 is 0 Å². The molecule has 0 amide bonds. The van der Waals surface area contributed by atoms with Crippen LogP contribution >= 0.6 is 11.6 Å². The van der Waals surface area contributed by atoms with Crippen LogP contribution in [-0.4, -0.2) is 4.98 Å². The van der Waals surface area contributed by atoms with Crippen LogP contribution in [0.2, 0.25) is 0 Å². The molecular weight excluding hydrogens is 258 g/mol. The molecule has 3 aromatic rings. The molecule has 0 radical (unpaired) electrons. The van der Waals surface area contributed by atoms with Crippen LogP contribution in [-0.2, 0) is 0 Å². The molecule has 0 spiro atoms. The molecule has 3 heteroatoms. The fourth-order valence-electron chi connectivity index (χ4n) is 1.94. The first-order valence-electron chi connectivity index (χ1n) is 6.02. The Hall–Kier alpha value is -2.06. The second-order valence-electron chi connectivity index (χ2n) is 4.39. The summed E-state index contributed by atoms with van der Waals surface area (Å²) in [5.41, 5.74) is 3.78. The molecule has 0 aliphatic heterocycles. The van der Waals surface area contributed by atoms with E-state index in [2.05, 4.69) is 11.1 Å². The number of hydrogen-bond donors (Lipinski definition) is 0. The lowest BCUT2D eigenvalue weighted by Gasteiger charge is -1.96. The maximum absolute atomic E-state index is 6.27. The van der Waals surface area contributed by atoms with E-state index in [0.717, 1.165) is 16.7 Å². The minimum atomic E-state index is 0.448. The number of para-hydroxylation sites is 2. The van der Waals surface area contributed by atoms with Gasteiger partial charge in [0.05, 0.1) is 0 Å². The van der Waals surface area contributed by atoms with Gasteiger partial charge in [0.2, 0.25) is 5.89 Å². The van der Waals surface area contributed by atoms with Gasteiger partial charge < -0.3 is 4.42 Å². The van der Waals surface area contributed by atoms with Crippen molar-refractivity contribution in [2.75, 3.05) is 0 Å². The van der Waals surface area contributed by atoms with Crippen LogP contribution in [0.4, 0.5) is 0 Å². The fourth-order valence-corrected chi connectivity index (χ4v) is 2.15. The fraction of sp³-hybridized carbons (Fsp3) is 0.0625. The quantitative estimate of drug-likeness (QED) is 0.663. The highest BCUT2D eigenvalue weighted by Gasteiger charge is 2.08. The zero-order valence-electron chi connectivity index (χ0n) is 10.4. The molecule has 0 saturated carbocycles. The number of halogens is 1. The summed E-state index contributed by atoms with van der Waals surface area (Å²) < 4.78 is 5.62. The van der Waals surface area contributed by atoms with Gasteiger partial charge in [0.1, 0.15) is 10.5 Å². The molecule has 0 bridgehead atoms. The molecule has 1 aromatic heterocycles. The van der Waals surface area contributed by atoms with Crippen molar-refractivity contribution >= 4 is 33.8 Å². The van der Waals surface area contributed by atoms with Gasteiger partial charge in [-0.1, -0.05) is 53.6 Å². The van der Waals surface area contributed by atoms with Gasteiger partial charge >= 0.3 is 0 Å². The predicted octanol–water partition coefficient (Wildman–Crippen LogP) is 4.87. The topological polar surface area (TPSA) is 26.0 Å². The van der Waals surface area contributed by atoms with Gasteiger partial charge in [0.25, 0.3) is 0 Å². The molecule has 19 heavy (non-hydrogen) atoms. The van der Waals surface area contributed by atoms with E-state index in [9.17, 15) is 0 Å². The van der Waals surface area contributed by atoms with Crippen LogP contribution in [0.1, 0.15) is 17.0 Å². The van der Waals surface area contributed by atoms with Gasteiger partial charge in [-0.2, -0.15) is 0 Å². The Morgan fingerprint density at radius 2 is 2.00 bits per heavy atom. The van der Waals surface area contributed by atoms with Crippen molar-refractivity contribution in [1.82, 2.24) is 4.98 Å². The zero-order valence-corrected chi connectivity index (χ0v) is 11.2. The maximum Gasteiger partial charge on any atom is 0.238 e. The molecule has 0 aliphatic rings. The van der Waals surface area contributed by atoms with E-state index in [4.69, 9.17) is 16.0 Å². The van der Waals surface area contributed by atoms with Crippen molar-refractivity contribution in [3.63, 3.8) is 0 Å². The number of nitrogens with zero attached hydrogens (tertiary/aromatic N) is 1. The first-order valence-corrected chi connectivity index (χ1v) is 6.40. The molecule has 2 aromatic carbocycles. The van der Waals surface area contributed by atoms with Gasteiger partial charge in [-0.05, 0) is 30.7 Å². The summed E-state index contributed by atoms with van der Waals surface area (Å²) in [4.78, 5) is 4.36. The van der Waals surface area contributed by atoms with Crippen molar-refractivity contribution in [1.29, 1.82) is 0 Å². The lowest BCUT2D eigenvalue weighted by molar-refractivity contribution is 0.588. The van der Waals surface area contributed by atoms with Crippen LogP contribution in [0, 0.1) is 6.92 Å². The van der Waals surface area contributed by atoms with E-state index < -0.39 is 0 Å². The average molecular weight is 270 g/mol. The number of aromatic nitrogens is 1. The van der Waals surface area contributed by atoms with Crippen LogP contribution < -0.4 is 0 Å². The second-order valence-corrected chi connectivity index (χ2v) is 4.80. The molecule has 0 fully saturated rings. The third-order valence-electron chi connectivity index (χ3n) is 2.83. The Morgan fingerprint density at radius 1 is 1.16 bits per heavy atom. The van der Waals surface area contributed by atoms with Gasteiger partial charge in [0.15, 0.2) is 5.58 Å². The van der Waals surface area contributed by atoms with Crippen LogP contribution in [0.15, 0.2) is 52.9 Å². The number of fused-ring (bicyclic) bond motifs is 1. The Balaban J connectivity index is 2.01. The number of oxazole rings is 1. The zero-order chi connectivity index (χ0) is 13.2. The lowest BCUT2D eigenvalue weighted by Crippen LogP contribution is -1.79. The molecule has 0 atom stereocenters. The highest BCUT2D eigenvalue weighted by atomic mass is 35.5. The van der Waals surface area contributed by atoms with Gasteiger partial charge in [0, 0.05) is 0 Å². The smallest absolute Gasteiger partial charge is 0.238 e. The first kappa shape index (κ1) is 12.0. The Bertz CT molecular complexity index is 725. The third-order valence-corrected chi connectivity index (χ3v) is 3.10. The van der Waals surface area contributed by atoms with Crippen LogP contribution in [0.25, 0.3) is 22.2 Å². The molecule has 94 valence electrons. The van der Waals surface area contributed by atoms with E-state index in [1.807, 2.05) is 55.5 Å². The maximum atomic E-state index is 6.27. The summed E-state index contributed by atoms with van der Waals surface area (Å²) in [6, 6.07) is 15.7. The van der Waals surface area contributed by atoms with Crippen LogP contribution in [0.5, 0.6) is 0 Å². The van der Waals surface area contributed by atoms with Gasteiger partial charge in [-0.25, -0.2) is 4.98 Å². The third kappa shape index (κ3) is 2.54. The molecule has 0 N–H and O–H groups in total. The molecular formula is C16H12ClNO. The summed E-state index contributed by atoms with van der Waals surface area (Å²) in [7, 11) is 0. The SMILES string of the molecule is Cc1cccc(/C=C(\Cl)c2nc3ccccc3o2)c1. The first-order chi connectivity index (χ1) is 9.22. The van der Waals surface area contributed by atoms with E-state index in [0.29, 0.717) is 10.9 Å². The van der Waals surface area contributed by atoms with Gasteiger partial charge in [-0.15, -0.1) is 0 Å². The highest BCUT2D eigenvalue weighted by Crippen LogP contribution is 2.25. The standard InChI is InChI=1S/C16H12ClNO/c1-11-5-4-6-12(9-11)10-13(17)16-18-14-7-2-3-8-15(14)19-16/h2-10H,1H3/b13-10-. The number of benzene rings is 2. The number of rotatable bonds is 2. The van der Waals surface area contributed by atoms with Gasteiger partial charge in [-0.3, -0.25) is 0 Å². The molecule has 0 unspecified atom stereocenters. The molecule has 3 rings (SSSR count). The Labute approximate surface area is 116 Å². The Kier molecular flexibility index (Phi) is 3.10. The second kappa shape index (κ2) is 4.90. The Morgan fingerprint density at radius 3 is 2.79 bits per heavy atom. The molecule has 0 saturated heterocycles. The average Bonchev–Trinajstić information content (AvgIpc) is 2.82. The van der Waals surface area contributed by atoms with E-state index in [1.165, 1.54) is 5.56 Å². The van der Waals surface area contributed by atoms with Crippen molar-refractivity contribution in [2.45, 2.75) is 6.92 Å². The summed E-state index contributed by atoms with van der Waals surface area (Å²) in [6.45, 7) is 2.05. The molecule has 0 aliphatic carbocycles. The summed E-state index contributed by atoms with van der Waals surface area (Å²) >= 11 is 6.27. The van der Waals surface area contributed by atoms with E-state index in [1.54, 1.807) is 0 Å². The van der Waals surface area contributed by atoms with Crippen molar-refractivity contribution in [3.8, 4) is 0 Å². The monoisotopic (exact) mass is 269 g/mol. The lowest BCUT2D eigenvalue weighted by atomic mass is 10.1. The normalized spacial score (nSPS) is 12.0. The summed E-state index contributed by atoms with van der Waals surface area (Å²) in [6.07, 6.45) is 1.86. The molecule has 1 heterocycles. The van der Waals surface area contributed by atoms with E-state index in [-0.39, 0.29) is 0 Å². The highest BCUT2D eigenvalue weighted by molar-refractivity contribution is 6.50. The van der Waals surface area contributed by atoms with Crippen molar-refractivity contribution in [2.24, 2.45) is 0 Å². The van der Waals surface area contributed by atoms with Crippen molar-refractivity contribution in [3.05, 3.63) is 65.5 Å². The van der Waals surface area contributed by atoms with Crippen molar-refractivity contribution < 1.29 is 4.42 Å². The molecule has 2 nitrogen and oxygen atoms in total. The predicted molar refractivity (Wildman–Crippen MR) is 78.9 cm³/mol. The summed E-state index contributed by atoms with van der Waals surface area (Å²) in [5.74, 6) is 0.448. The number of aryl methyl sites for hydroxylation is 1. The number of hydrogen-bond acceptors (Lipinski definition) is 2. The summed E-state index contributed by atoms with van der Waals surface area (Å²) in [5, 5.41) is 0.502. The minimum Gasteiger partial charge on any atom is -0.435 e. The largest absolute Gasteiger partial charge is 0.435 e. The minimum absolute atomic E-state index is 0.448. The van der Waals surface area contributed by atoms with Crippen LogP contribution in [0.3, 0.4) is 0 Å².